The molecule has 5 aromatic rings. The minimum absolute atomic E-state index is 0.981. The van der Waals surface area contributed by atoms with Gasteiger partial charge in [-0.05, 0) is 131 Å². The normalized spacial score (nSPS) is 13.9. The van der Waals surface area contributed by atoms with Gasteiger partial charge in [0.2, 0.25) is 0 Å². The van der Waals surface area contributed by atoms with E-state index in [2.05, 4.69) is 155 Å². The Hall–Kier alpha value is -5.01. The Labute approximate surface area is 282 Å². The third-order valence-corrected chi connectivity index (χ3v) is 9.15. The molecule has 236 valence electrons. The van der Waals surface area contributed by atoms with Crippen LogP contribution >= 0.6 is 0 Å². The van der Waals surface area contributed by atoms with Crippen LogP contribution in [0.2, 0.25) is 0 Å². The molecule has 1 aromatic heterocycles. The molecule has 1 heteroatoms. The van der Waals surface area contributed by atoms with Crippen molar-refractivity contribution in [1.29, 1.82) is 0 Å². The number of aromatic nitrogens is 1. The zero-order chi connectivity index (χ0) is 33.3. The van der Waals surface area contributed by atoms with E-state index in [-0.39, 0.29) is 0 Å². The third-order valence-electron chi connectivity index (χ3n) is 9.15. The standard InChI is InChI=1S/C44H41N.C2H6/c1-30(36-12-7-6-8-13-36)18-22-37-24-21-35(27-34(37)5)20-17-31(2)38-23-19-32(3)43(28-38)44-33(4)11-9-16-42(44)41-15-10-14-39-29-45-26-25-40(39)41;1-2/h6-17,19-21,23-26,28-29H,1,18,22,27H2,2-5H3;1-2H3/b31-17+,35-20-;. The number of benzene rings is 4. The molecule has 6 rings (SSSR count). The van der Waals surface area contributed by atoms with Crippen molar-refractivity contribution in [2.45, 2.75) is 60.8 Å². The Morgan fingerprint density at radius 2 is 1.53 bits per heavy atom. The van der Waals surface area contributed by atoms with E-state index in [0.29, 0.717) is 0 Å². The van der Waals surface area contributed by atoms with Crippen LogP contribution in [0.1, 0.15) is 69.2 Å². The highest BCUT2D eigenvalue weighted by Gasteiger charge is 2.15. The molecule has 4 aromatic carbocycles. The number of fused-ring (bicyclic) bond motifs is 1. The van der Waals surface area contributed by atoms with Gasteiger partial charge in [-0.1, -0.05) is 129 Å². The fourth-order valence-electron chi connectivity index (χ4n) is 6.42. The molecule has 0 spiro atoms. The van der Waals surface area contributed by atoms with E-state index < -0.39 is 0 Å². The smallest absolute Gasteiger partial charge is 0.0346 e. The van der Waals surface area contributed by atoms with E-state index in [1.165, 1.54) is 77.8 Å². The first-order valence-corrected chi connectivity index (χ1v) is 16.9. The molecule has 0 bridgehead atoms. The van der Waals surface area contributed by atoms with Crippen LogP contribution in [0.25, 0.3) is 44.2 Å². The summed E-state index contributed by atoms with van der Waals surface area (Å²) in [6.45, 7) is 17.3. The van der Waals surface area contributed by atoms with Gasteiger partial charge in [0, 0.05) is 17.8 Å². The summed E-state index contributed by atoms with van der Waals surface area (Å²) in [5.41, 5.74) is 16.8. The summed E-state index contributed by atoms with van der Waals surface area (Å²) in [5, 5.41) is 2.39. The van der Waals surface area contributed by atoms with Crippen LogP contribution in [0, 0.1) is 13.8 Å². The van der Waals surface area contributed by atoms with Gasteiger partial charge in [0.15, 0.2) is 0 Å². The SMILES string of the molecule is C=C(CCC1=C(C)C/C(=C\C=C(/C)c2ccc(C)c(-c3c(C)cccc3-c3cccc4cnccc34)c2)C=C1)c1ccccc1.CC. The average molecular weight is 614 g/mol. The second-order valence-electron chi connectivity index (χ2n) is 12.3. The first-order chi connectivity index (χ1) is 22.9. The van der Waals surface area contributed by atoms with Crippen LogP contribution in [-0.2, 0) is 0 Å². The molecular formula is C46H47N. The zero-order valence-corrected chi connectivity index (χ0v) is 28.9. The lowest BCUT2D eigenvalue weighted by atomic mass is 9.86. The van der Waals surface area contributed by atoms with Crippen molar-refractivity contribution in [1.82, 2.24) is 4.98 Å². The maximum absolute atomic E-state index is 4.35. The van der Waals surface area contributed by atoms with Gasteiger partial charge >= 0.3 is 0 Å². The molecule has 0 N–H and O–H groups in total. The van der Waals surface area contributed by atoms with Gasteiger partial charge in [-0.15, -0.1) is 0 Å². The van der Waals surface area contributed by atoms with Gasteiger partial charge in [-0.3, -0.25) is 4.98 Å². The van der Waals surface area contributed by atoms with E-state index in [0.717, 1.165) is 24.6 Å². The molecule has 0 atom stereocenters. The number of hydrogen-bond donors (Lipinski definition) is 0. The van der Waals surface area contributed by atoms with Crippen molar-refractivity contribution < 1.29 is 0 Å². The van der Waals surface area contributed by atoms with Crippen LogP contribution < -0.4 is 0 Å². The van der Waals surface area contributed by atoms with Crippen molar-refractivity contribution in [3.05, 3.63) is 173 Å². The van der Waals surface area contributed by atoms with Crippen molar-refractivity contribution in [3.8, 4) is 22.3 Å². The Morgan fingerprint density at radius 3 is 2.32 bits per heavy atom. The average Bonchev–Trinajstić information content (AvgIpc) is 3.11. The van der Waals surface area contributed by atoms with Gasteiger partial charge in [0.05, 0.1) is 0 Å². The van der Waals surface area contributed by atoms with Gasteiger partial charge in [-0.25, -0.2) is 0 Å². The topological polar surface area (TPSA) is 12.9 Å². The fourth-order valence-corrected chi connectivity index (χ4v) is 6.42. The highest BCUT2D eigenvalue weighted by Crippen LogP contribution is 2.40. The third kappa shape index (κ3) is 7.69. The Bertz CT molecular complexity index is 2010. The molecule has 0 aliphatic heterocycles. The summed E-state index contributed by atoms with van der Waals surface area (Å²) in [6, 6.07) is 32.7. The fraction of sp³-hybridized carbons (Fsp3) is 0.196. The molecule has 1 aliphatic carbocycles. The second kappa shape index (κ2) is 15.5. The van der Waals surface area contributed by atoms with Crippen molar-refractivity contribution in [3.63, 3.8) is 0 Å². The highest BCUT2D eigenvalue weighted by molar-refractivity contribution is 6.01. The molecule has 1 aliphatic rings. The molecule has 0 saturated heterocycles. The molecule has 0 amide bonds. The molecule has 0 radical (unpaired) electrons. The van der Waals surface area contributed by atoms with Crippen molar-refractivity contribution in [2.24, 2.45) is 0 Å². The monoisotopic (exact) mass is 613 g/mol. The summed E-state index contributed by atoms with van der Waals surface area (Å²) in [6.07, 6.45) is 16.0. The quantitative estimate of drug-likeness (QED) is 0.170. The first-order valence-electron chi connectivity index (χ1n) is 16.9. The summed E-state index contributed by atoms with van der Waals surface area (Å²) < 4.78 is 0. The predicted octanol–water partition coefficient (Wildman–Crippen LogP) is 13.3. The highest BCUT2D eigenvalue weighted by atomic mass is 14.6. The van der Waals surface area contributed by atoms with E-state index in [1.54, 1.807) is 0 Å². The lowest BCUT2D eigenvalue weighted by Crippen LogP contribution is -1.96. The Morgan fingerprint density at radius 1 is 0.766 bits per heavy atom. The molecule has 1 nitrogen and oxygen atoms in total. The number of allylic oxidation sites excluding steroid dienone is 9. The lowest BCUT2D eigenvalue weighted by molar-refractivity contribution is 0.962. The van der Waals surface area contributed by atoms with Crippen LogP contribution in [0.3, 0.4) is 0 Å². The minimum Gasteiger partial charge on any atom is -0.264 e. The van der Waals surface area contributed by atoms with Crippen LogP contribution in [-0.4, -0.2) is 4.98 Å². The zero-order valence-electron chi connectivity index (χ0n) is 28.9. The van der Waals surface area contributed by atoms with Crippen molar-refractivity contribution in [2.75, 3.05) is 0 Å². The van der Waals surface area contributed by atoms with Gasteiger partial charge in [0.25, 0.3) is 0 Å². The maximum Gasteiger partial charge on any atom is 0.0346 e. The first kappa shape index (κ1) is 33.4. The lowest BCUT2D eigenvalue weighted by Gasteiger charge is -2.18. The molecule has 0 unspecified atom stereocenters. The number of rotatable bonds is 8. The van der Waals surface area contributed by atoms with Gasteiger partial charge in [-0.2, -0.15) is 0 Å². The minimum atomic E-state index is 0.981. The second-order valence-corrected chi connectivity index (χ2v) is 12.3. The summed E-state index contributed by atoms with van der Waals surface area (Å²) in [7, 11) is 0. The van der Waals surface area contributed by atoms with Crippen molar-refractivity contribution >= 4 is 21.9 Å². The van der Waals surface area contributed by atoms with E-state index in [1.807, 2.05) is 26.2 Å². The summed E-state index contributed by atoms with van der Waals surface area (Å²) >= 11 is 0. The summed E-state index contributed by atoms with van der Waals surface area (Å²) in [4.78, 5) is 4.35. The molecule has 0 saturated carbocycles. The summed E-state index contributed by atoms with van der Waals surface area (Å²) in [5.74, 6) is 0. The maximum atomic E-state index is 4.35. The molecule has 47 heavy (non-hydrogen) atoms. The Kier molecular flexibility index (Phi) is 11.0. The largest absolute Gasteiger partial charge is 0.264 e. The Balaban J connectivity index is 0.00000213. The predicted molar refractivity (Wildman–Crippen MR) is 206 cm³/mol. The van der Waals surface area contributed by atoms with E-state index >= 15 is 0 Å². The number of pyridine rings is 1. The van der Waals surface area contributed by atoms with Gasteiger partial charge < -0.3 is 0 Å². The van der Waals surface area contributed by atoms with E-state index in [4.69, 9.17) is 0 Å². The van der Waals surface area contributed by atoms with Crippen LogP contribution in [0.4, 0.5) is 0 Å². The molecular weight excluding hydrogens is 567 g/mol. The molecule has 1 heterocycles. The number of aryl methyl sites for hydroxylation is 2. The number of nitrogens with zero attached hydrogens (tertiary/aromatic N) is 1. The van der Waals surface area contributed by atoms with Gasteiger partial charge in [0.1, 0.15) is 0 Å². The molecule has 0 fully saturated rings. The van der Waals surface area contributed by atoms with Crippen LogP contribution in [0.15, 0.2) is 151 Å². The van der Waals surface area contributed by atoms with E-state index in [9.17, 15) is 0 Å². The van der Waals surface area contributed by atoms with Crippen LogP contribution in [0.5, 0.6) is 0 Å². The number of hydrogen-bond acceptors (Lipinski definition) is 1.